The van der Waals surface area contributed by atoms with Gasteiger partial charge >= 0.3 is 11.9 Å². The molecule has 0 N–H and O–H groups in total. The van der Waals surface area contributed by atoms with Crippen molar-refractivity contribution in [2.24, 2.45) is 0 Å². The first-order valence-corrected chi connectivity index (χ1v) is 13.2. The predicted molar refractivity (Wildman–Crippen MR) is 148 cm³/mol. The summed E-state index contributed by atoms with van der Waals surface area (Å²) in [5.74, 6) is -0.807. The number of halogens is 2. The van der Waals surface area contributed by atoms with Crippen LogP contribution in [0.15, 0.2) is 97.1 Å². The van der Waals surface area contributed by atoms with Gasteiger partial charge in [0.15, 0.2) is 0 Å². The van der Waals surface area contributed by atoms with Crippen molar-refractivity contribution >= 4 is 35.1 Å². The van der Waals surface area contributed by atoms with Crippen molar-refractivity contribution in [2.45, 2.75) is 37.9 Å². The van der Waals surface area contributed by atoms with Gasteiger partial charge in [0.05, 0.1) is 12.8 Å². The van der Waals surface area contributed by atoms with Gasteiger partial charge in [0.1, 0.15) is 13.2 Å². The average molecular weight is 545 g/mol. The quantitative estimate of drug-likeness (QED) is 0.216. The summed E-state index contributed by atoms with van der Waals surface area (Å²) in [7, 11) is 0. The predicted octanol–water partition coefficient (Wildman–Crippen LogP) is 7.45. The summed E-state index contributed by atoms with van der Waals surface area (Å²) >= 11 is 12.2. The fraction of sp³-hybridized carbons (Fsp3) is 0.188. The van der Waals surface area contributed by atoms with Crippen LogP contribution in [0.4, 0.5) is 0 Å². The third-order valence-corrected chi connectivity index (χ3v) is 7.39. The number of hydrogen-bond donors (Lipinski definition) is 0. The molecule has 0 amide bonds. The van der Waals surface area contributed by atoms with Gasteiger partial charge in [-0.1, -0.05) is 96.0 Å². The Hall–Kier alpha value is -3.60. The molecule has 1 aliphatic rings. The summed E-state index contributed by atoms with van der Waals surface area (Å²) in [6, 6.07) is 30.4. The van der Waals surface area contributed by atoms with Crippen molar-refractivity contribution in [1.29, 1.82) is 0 Å². The van der Waals surface area contributed by atoms with Crippen LogP contribution in [0.1, 0.15) is 46.2 Å². The van der Waals surface area contributed by atoms with E-state index in [1.165, 1.54) is 0 Å². The molecule has 4 nitrogen and oxygen atoms in total. The third-order valence-electron chi connectivity index (χ3n) is 6.92. The van der Waals surface area contributed by atoms with Crippen molar-refractivity contribution in [1.82, 2.24) is 0 Å². The van der Waals surface area contributed by atoms with Crippen LogP contribution in [0, 0.1) is 0 Å². The maximum absolute atomic E-state index is 13.4. The standard InChI is InChI=1S/C32H26Cl2O4/c33-26-11-5-7-22(15-26)20-37-30(35)18-32(19-31(36)38-21-23-8-6-12-27(34)16-23)28-13-3-1-9-24(28)17-25-10-2-4-14-29(25)32/h1-16H,17-21H2. The monoisotopic (exact) mass is 544 g/mol. The molecule has 0 atom stereocenters. The van der Waals surface area contributed by atoms with Gasteiger partial charge < -0.3 is 9.47 Å². The SMILES string of the molecule is O=C(CC1(CC(=O)OCc2cccc(Cl)c2)c2ccccc2Cc2ccccc21)OCc1cccc(Cl)c1. The second-order valence-corrected chi connectivity index (χ2v) is 10.4. The lowest BCUT2D eigenvalue weighted by atomic mass is 9.63. The van der Waals surface area contributed by atoms with Gasteiger partial charge in [-0.15, -0.1) is 0 Å². The van der Waals surface area contributed by atoms with Gasteiger partial charge in [0.25, 0.3) is 0 Å². The highest BCUT2D eigenvalue weighted by molar-refractivity contribution is 6.30. The van der Waals surface area contributed by atoms with Crippen molar-refractivity contribution in [2.75, 3.05) is 0 Å². The lowest BCUT2D eigenvalue weighted by molar-refractivity contribution is -0.149. The lowest BCUT2D eigenvalue weighted by Crippen LogP contribution is -2.38. The molecule has 0 saturated heterocycles. The summed E-state index contributed by atoms with van der Waals surface area (Å²) in [5, 5.41) is 1.15. The largest absolute Gasteiger partial charge is 0.461 e. The zero-order valence-corrected chi connectivity index (χ0v) is 22.2. The molecule has 0 heterocycles. The zero-order valence-electron chi connectivity index (χ0n) is 20.7. The number of esters is 2. The molecule has 4 aromatic carbocycles. The fourth-order valence-electron chi connectivity index (χ4n) is 5.25. The Labute approximate surface area is 232 Å². The van der Waals surface area contributed by atoms with Gasteiger partial charge in [0.2, 0.25) is 0 Å². The topological polar surface area (TPSA) is 52.6 Å². The Bertz CT molecular complexity index is 1370. The van der Waals surface area contributed by atoms with Gasteiger partial charge in [-0.3, -0.25) is 9.59 Å². The Morgan fingerprint density at radius 1 is 0.632 bits per heavy atom. The molecular formula is C32H26Cl2O4. The van der Waals surface area contributed by atoms with E-state index in [2.05, 4.69) is 12.1 Å². The van der Waals surface area contributed by atoms with Crippen LogP contribution >= 0.6 is 23.2 Å². The number of ether oxygens (including phenoxy) is 2. The maximum Gasteiger partial charge on any atom is 0.307 e. The Kier molecular flexibility index (Phi) is 7.82. The molecule has 1 aliphatic carbocycles. The van der Waals surface area contributed by atoms with Crippen LogP contribution in [-0.2, 0) is 44.1 Å². The molecule has 38 heavy (non-hydrogen) atoms. The second kappa shape index (κ2) is 11.4. The molecule has 0 spiro atoms. The summed E-state index contributed by atoms with van der Waals surface area (Å²) in [6.07, 6.45) is 0.713. The normalized spacial score (nSPS) is 13.2. The van der Waals surface area contributed by atoms with Gasteiger partial charge in [0, 0.05) is 15.5 Å². The maximum atomic E-state index is 13.4. The first-order chi connectivity index (χ1) is 18.4. The van der Waals surface area contributed by atoms with Gasteiger partial charge in [-0.05, 0) is 64.1 Å². The highest BCUT2D eigenvalue weighted by atomic mass is 35.5. The Morgan fingerprint density at radius 3 is 1.53 bits per heavy atom. The minimum atomic E-state index is -0.928. The molecular weight excluding hydrogens is 519 g/mol. The van der Waals surface area contributed by atoms with Crippen LogP contribution in [-0.4, -0.2) is 11.9 Å². The summed E-state index contributed by atoms with van der Waals surface area (Å²) in [6.45, 7) is 0.190. The van der Waals surface area contributed by atoms with Crippen LogP contribution in [0.25, 0.3) is 0 Å². The molecule has 4 aromatic rings. The minimum Gasteiger partial charge on any atom is -0.461 e. The van der Waals surface area contributed by atoms with E-state index in [-0.39, 0.29) is 26.1 Å². The number of fused-ring (bicyclic) bond motifs is 2. The van der Waals surface area contributed by atoms with E-state index < -0.39 is 17.4 Å². The van der Waals surface area contributed by atoms with Crippen LogP contribution in [0.5, 0.6) is 0 Å². The van der Waals surface area contributed by atoms with Crippen molar-refractivity contribution in [3.05, 3.63) is 140 Å². The molecule has 0 bridgehead atoms. The Balaban J connectivity index is 1.45. The molecule has 0 fully saturated rings. The van der Waals surface area contributed by atoms with E-state index in [0.717, 1.165) is 39.8 Å². The van der Waals surface area contributed by atoms with Crippen molar-refractivity contribution in [3.8, 4) is 0 Å². The van der Waals surface area contributed by atoms with E-state index >= 15 is 0 Å². The average Bonchev–Trinajstić information content (AvgIpc) is 2.91. The summed E-state index contributed by atoms with van der Waals surface area (Å²) < 4.78 is 11.4. The molecule has 0 unspecified atom stereocenters. The smallest absolute Gasteiger partial charge is 0.307 e. The minimum absolute atomic E-state index is 0.00609. The molecule has 0 saturated carbocycles. The number of carbonyl (C=O) groups is 2. The summed E-state index contributed by atoms with van der Waals surface area (Å²) in [5.41, 5.74) is 4.71. The number of carbonyl (C=O) groups excluding carboxylic acids is 2. The van der Waals surface area contributed by atoms with E-state index in [1.807, 2.05) is 60.7 Å². The number of benzene rings is 4. The highest BCUT2D eigenvalue weighted by Crippen LogP contribution is 2.47. The molecule has 5 rings (SSSR count). The second-order valence-electron chi connectivity index (χ2n) is 9.51. The summed E-state index contributed by atoms with van der Waals surface area (Å²) in [4.78, 5) is 26.7. The van der Waals surface area contributed by atoms with Crippen molar-refractivity contribution in [3.63, 3.8) is 0 Å². The van der Waals surface area contributed by atoms with E-state index in [4.69, 9.17) is 32.7 Å². The van der Waals surface area contributed by atoms with E-state index in [1.54, 1.807) is 24.3 Å². The van der Waals surface area contributed by atoms with Crippen molar-refractivity contribution < 1.29 is 19.1 Å². The fourth-order valence-corrected chi connectivity index (χ4v) is 5.68. The van der Waals surface area contributed by atoms with E-state index in [9.17, 15) is 9.59 Å². The zero-order chi connectivity index (χ0) is 26.5. The molecule has 6 heteroatoms. The van der Waals surface area contributed by atoms with Gasteiger partial charge in [-0.2, -0.15) is 0 Å². The molecule has 0 aliphatic heterocycles. The highest BCUT2D eigenvalue weighted by Gasteiger charge is 2.44. The van der Waals surface area contributed by atoms with Crippen LogP contribution in [0.2, 0.25) is 10.0 Å². The lowest BCUT2D eigenvalue weighted by Gasteiger charge is -2.40. The molecule has 192 valence electrons. The molecule has 0 radical (unpaired) electrons. The first-order valence-electron chi connectivity index (χ1n) is 12.4. The third kappa shape index (κ3) is 5.77. The number of rotatable bonds is 8. The van der Waals surface area contributed by atoms with Gasteiger partial charge in [-0.25, -0.2) is 0 Å². The Morgan fingerprint density at radius 2 is 1.08 bits per heavy atom. The van der Waals surface area contributed by atoms with Crippen LogP contribution < -0.4 is 0 Å². The number of hydrogen-bond acceptors (Lipinski definition) is 4. The van der Waals surface area contributed by atoms with E-state index in [0.29, 0.717) is 10.0 Å². The first kappa shape index (κ1) is 26.0. The van der Waals surface area contributed by atoms with Crippen LogP contribution in [0.3, 0.4) is 0 Å². The molecule has 0 aromatic heterocycles.